The average Bonchev–Trinajstić information content (AvgIpc) is 2.75. The Morgan fingerprint density at radius 3 is 2.93 bits per heavy atom. The molecule has 0 radical (unpaired) electrons. The van der Waals surface area contributed by atoms with E-state index in [-0.39, 0.29) is 6.04 Å². The van der Waals surface area contributed by atoms with Crippen LogP contribution in [0.5, 0.6) is 0 Å². The molecule has 2 nitrogen and oxygen atoms in total. The van der Waals surface area contributed by atoms with Crippen molar-refractivity contribution in [1.82, 2.24) is 4.98 Å². The Labute approximate surface area is 98.9 Å². The van der Waals surface area contributed by atoms with Crippen LogP contribution in [-0.2, 0) is 6.42 Å². The number of thiazole rings is 1. The third kappa shape index (κ3) is 2.42. The highest BCUT2D eigenvalue weighted by molar-refractivity contribution is 9.11. The highest BCUT2D eigenvalue weighted by atomic mass is 79.9. The van der Waals surface area contributed by atoms with E-state index >= 15 is 0 Å². The predicted octanol–water partition coefficient (Wildman–Crippen LogP) is 3.21. The monoisotopic (exact) mass is 288 g/mol. The van der Waals surface area contributed by atoms with E-state index in [0.717, 1.165) is 10.2 Å². The fourth-order valence-electron chi connectivity index (χ4n) is 1.19. The Balaban J connectivity index is 2.06. The zero-order chi connectivity index (χ0) is 9.97. The van der Waals surface area contributed by atoms with Gasteiger partial charge in [-0.3, -0.25) is 4.98 Å². The highest BCUT2D eigenvalue weighted by Crippen LogP contribution is 2.28. The van der Waals surface area contributed by atoms with Gasteiger partial charge in [0.25, 0.3) is 0 Å². The first-order valence-corrected chi connectivity index (χ1v) is 6.63. The van der Waals surface area contributed by atoms with Gasteiger partial charge in [-0.2, -0.15) is 0 Å². The van der Waals surface area contributed by atoms with Crippen molar-refractivity contribution in [3.8, 4) is 0 Å². The second-order valence-corrected chi connectivity index (χ2v) is 6.39. The fourth-order valence-corrected chi connectivity index (χ4v) is 3.27. The van der Waals surface area contributed by atoms with Gasteiger partial charge in [-0.25, -0.2) is 0 Å². The van der Waals surface area contributed by atoms with Crippen molar-refractivity contribution < 1.29 is 0 Å². The molecule has 5 heteroatoms. The molecule has 1 unspecified atom stereocenters. The van der Waals surface area contributed by atoms with Crippen LogP contribution in [0, 0.1) is 0 Å². The molecule has 74 valence electrons. The first kappa shape index (κ1) is 10.3. The number of halogens is 1. The minimum absolute atomic E-state index is 0.0896. The number of hydrogen-bond acceptors (Lipinski definition) is 4. The Bertz CT molecular complexity index is 397. The van der Waals surface area contributed by atoms with E-state index in [0.29, 0.717) is 0 Å². The van der Waals surface area contributed by atoms with Crippen LogP contribution in [0.15, 0.2) is 27.6 Å². The van der Waals surface area contributed by atoms with Crippen LogP contribution in [0.3, 0.4) is 0 Å². The second-order valence-electron chi connectivity index (χ2n) is 2.92. The lowest BCUT2D eigenvalue weighted by Crippen LogP contribution is -2.10. The molecule has 2 rings (SSSR count). The van der Waals surface area contributed by atoms with Gasteiger partial charge in [0.1, 0.15) is 0 Å². The van der Waals surface area contributed by atoms with E-state index in [2.05, 4.69) is 27.0 Å². The van der Waals surface area contributed by atoms with Crippen LogP contribution in [0.2, 0.25) is 0 Å². The van der Waals surface area contributed by atoms with Crippen molar-refractivity contribution in [2.75, 3.05) is 0 Å². The minimum Gasteiger partial charge on any atom is -0.323 e. The van der Waals surface area contributed by atoms with Gasteiger partial charge in [0, 0.05) is 28.4 Å². The van der Waals surface area contributed by atoms with Crippen LogP contribution < -0.4 is 5.73 Å². The van der Waals surface area contributed by atoms with Crippen LogP contribution in [0.4, 0.5) is 0 Å². The van der Waals surface area contributed by atoms with Crippen molar-refractivity contribution in [1.29, 1.82) is 0 Å². The smallest absolute Gasteiger partial charge is 0.0794 e. The SMILES string of the molecule is NC(Cc1cncs1)c1ccc(Br)s1. The summed E-state index contributed by atoms with van der Waals surface area (Å²) in [5, 5.41) is 0. The first-order valence-electron chi connectivity index (χ1n) is 4.14. The molecule has 2 aromatic heterocycles. The molecule has 0 amide bonds. The summed E-state index contributed by atoms with van der Waals surface area (Å²) in [6, 6.07) is 4.19. The molecule has 2 heterocycles. The van der Waals surface area contributed by atoms with Crippen molar-refractivity contribution in [2.45, 2.75) is 12.5 Å². The van der Waals surface area contributed by atoms with E-state index in [9.17, 15) is 0 Å². The maximum atomic E-state index is 6.07. The van der Waals surface area contributed by atoms with Gasteiger partial charge in [-0.1, -0.05) is 0 Å². The van der Waals surface area contributed by atoms with Crippen molar-refractivity contribution in [3.05, 3.63) is 37.4 Å². The summed E-state index contributed by atoms with van der Waals surface area (Å²) in [4.78, 5) is 6.48. The topological polar surface area (TPSA) is 38.9 Å². The standard InChI is InChI=1S/C9H9BrN2S2/c10-9-2-1-8(14-9)7(11)3-6-4-12-5-13-6/h1-2,4-5,7H,3,11H2. The molecular formula is C9H9BrN2S2. The Hall–Kier alpha value is -0.230. The average molecular weight is 289 g/mol. The third-order valence-corrected chi connectivity index (χ3v) is 4.42. The maximum Gasteiger partial charge on any atom is 0.0794 e. The maximum absolute atomic E-state index is 6.07. The molecule has 0 aliphatic carbocycles. The normalized spacial score (nSPS) is 13.0. The van der Waals surface area contributed by atoms with E-state index in [1.165, 1.54) is 9.75 Å². The molecule has 0 saturated carbocycles. The second kappa shape index (κ2) is 4.53. The molecule has 0 aliphatic rings. The van der Waals surface area contributed by atoms with E-state index < -0.39 is 0 Å². The summed E-state index contributed by atoms with van der Waals surface area (Å²) in [6.07, 6.45) is 2.75. The quantitative estimate of drug-likeness (QED) is 0.942. The van der Waals surface area contributed by atoms with Gasteiger partial charge in [0.05, 0.1) is 9.30 Å². The van der Waals surface area contributed by atoms with Crippen molar-refractivity contribution in [3.63, 3.8) is 0 Å². The molecule has 14 heavy (non-hydrogen) atoms. The Kier molecular flexibility index (Phi) is 3.33. The number of nitrogens with zero attached hydrogens (tertiary/aromatic N) is 1. The Morgan fingerprint density at radius 1 is 1.50 bits per heavy atom. The van der Waals surface area contributed by atoms with Crippen LogP contribution >= 0.6 is 38.6 Å². The molecule has 0 spiro atoms. The molecular weight excluding hydrogens is 280 g/mol. The zero-order valence-corrected chi connectivity index (χ0v) is 10.5. The van der Waals surface area contributed by atoms with Gasteiger partial charge in [-0.05, 0) is 28.1 Å². The first-order chi connectivity index (χ1) is 6.75. The zero-order valence-electron chi connectivity index (χ0n) is 7.31. The number of hydrogen-bond donors (Lipinski definition) is 1. The third-order valence-electron chi connectivity index (χ3n) is 1.86. The lowest BCUT2D eigenvalue weighted by atomic mass is 10.2. The summed E-state index contributed by atoms with van der Waals surface area (Å²) in [6.45, 7) is 0. The number of nitrogens with two attached hydrogens (primary N) is 1. The summed E-state index contributed by atoms with van der Waals surface area (Å²) in [5.74, 6) is 0. The lowest BCUT2D eigenvalue weighted by Gasteiger charge is -2.06. The minimum atomic E-state index is 0.0896. The fraction of sp³-hybridized carbons (Fsp3) is 0.222. The molecule has 2 N–H and O–H groups in total. The highest BCUT2D eigenvalue weighted by Gasteiger charge is 2.10. The molecule has 0 aromatic carbocycles. The van der Waals surface area contributed by atoms with Gasteiger partial charge in [0.15, 0.2) is 0 Å². The Morgan fingerprint density at radius 2 is 2.36 bits per heavy atom. The van der Waals surface area contributed by atoms with E-state index in [1.807, 2.05) is 17.8 Å². The molecule has 1 atom stereocenters. The number of aromatic nitrogens is 1. The lowest BCUT2D eigenvalue weighted by molar-refractivity contribution is 0.744. The largest absolute Gasteiger partial charge is 0.323 e. The van der Waals surface area contributed by atoms with Crippen LogP contribution in [-0.4, -0.2) is 4.98 Å². The predicted molar refractivity (Wildman–Crippen MR) is 64.8 cm³/mol. The molecule has 0 fully saturated rings. The van der Waals surface area contributed by atoms with Crippen molar-refractivity contribution >= 4 is 38.6 Å². The van der Waals surface area contributed by atoms with Gasteiger partial charge < -0.3 is 5.73 Å². The molecule has 2 aromatic rings. The van der Waals surface area contributed by atoms with Crippen LogP contribution in [0.1, 0.15) is 15.8 Å². The summed E-state index contributed by atoms with van der Waals surface area (Å²) >= 11 is 6.78. The van der Waals surface area contributed by atoms with E-state index in [4.69, 9.17) is 5.73 Å². The van der Waals surface area contributed by atoms with Crippen molar-refractivity contribution in [2.24, 2.45) is 5.73 Å². The summed E-state index contributed by atoms with van der Waals surface area (Å²) in [7, 11) is 0. The van der Waals surface area contributed by atoms with Gasteiger partial charge >= 0.3 is 0 Å². The molecule has 0 bridgehead atoms. The molecule has 0 aliphatic heterocycles. The van der Waals surface area contributed by atoms with E-state index in [1.54, 1.807) is 22.7 Å². The summed E-state index contributed by atoms with van der Waals surface area (Å²) < 4.78 is 1.13. The van der Waals surface area contributed by atoms with Crippen LogP contribution in [0.25, 0.3) is 0 Å². The number of rotatable bonds is 3. The number of thiophene rings is 1. The summed E-state index contributed by atoms with van der Waals surface area (Å²) in [5.41, 5.74) is 7.91. The molecule has 0 saturated heterocycles. The van der Waals surface area contributed by atoms with Gasteiger partial charge in [-0.15, -0.1) is 22.7 Å². The van der Waals surface area contributed by atoms with Gasteiger partial charge in [0.2, 0.25) is 0 Å².